The fourth-order valence-corrected chi connectivity index (χ4v) is 1.14. The Kier molecular flexibility index (Phi) is 4.63. The molecular formula is C11H15NO3. The van der Waals surface area contributed by atoms with Crippen LogP contribution in [0.2, 0.25) is 0 Å². The second-order valence-electron chi connectivity index (χ2n) is 3.19. The highest BCUT2D eigenvalue weighted by atomic mass is 16.5. The first kappa shape index (κ1) is 11.5. The normalized spacial score (nSPS) is 9.93. The average Bonchev–Trinajstić information content (AvgIpc) is 2.25. The van der Waals surface area contributed by atoms with E-state index in [1.165, 1.54) is 0 Å². The van der Waals surface area contributed by atoms with E-state index in [2.05, 4.69) is 0 Å². The second-order valence-corrected chi connectivity index (χ2v) is 3.19. The number of aliphatic carboxylic acids is 1. The van der Waals surface area contributed by atoms with Crippen molar-refractivity contribution in [2.75, 3.05) is 6.61 Å². The number of hydrogen-bond donors (Lipinski definition) is 2. The van der Waals surface area contributed by atoms with Crippen LogP contribution in [-0.2, 0) is 11.3 Å². The van der Waals surface area contributed by atoms with Crippen LogP contribution in [0.1, 0.15) is 18.4 Å². The lowest BCUT2D eigenvalue weighted by atomic mass is 10.2. The minimum Gasteiger partial charge on any atom is -0.494 e. The zero-order chi connectivity index (χ0) is 11.1. The Morgan fingerprint density at radius 1 is 1.33 bits per heavy atom. The summed E-state index contributed by atoms with van der Waals surface area (Å²) in [5.74, 6) is -0.0466. The summed E-state index contributed by atoms with van der Waals surface area (Å²) in [5, 5.41) is 8.41. The van der Waals surface area contributed by atoms with Crippen LogP contribution in [0.25, 0.3) is 0 Å². The Bertz CT molecular complexity index is 308. The van der Waals surface area contributed by atoms with Crippen LogP contribution in [0.5, 0.6) is 5.75 Å². The molecule has 1 aromatic carbocycles. The summed E-state index contributed by atoms with van der Waals surface area (Å²) in [7, 11) is 0. The number of benzene rings is 1. The van der Waals surface area contributed by atoms with Crippen LogP contribution in [0.3, 0.4) is 0 Å². The summed E-state index contributed by atoms with van der Waals surface area (Å²) in [4.78, 5) is 10.2. The van der Waals surface area contributed by atoms with E-state index >= 15 is 0 Å². The van der Waals surface area contributed by atoms with Gasteiger partial charge in [-0.05, 0) is 24.1 Å². The van der Waals surface area contributed by atoms with Gasteiger partial charge in [-0.1, -0.05) is 12.1 Å². The van der Waals surface area contributed by atoms with E-state index in [4.69, 9.17) is 15.6 Å². The summed E-state index contributed by atoms with van der Waals surface area (Å²) in [6.45, 7) is 0.938. The Balaban J connectivity index is 2.28. The molecule has 0 spiro atoms. The number of carboxylic acids is 1. The van der Waals surface area contributed by atoms with Gasteiger partial charge in [0.2, 0.25) is 0 Å². The van der Waals surface area contributed by atoms with Gasteiger partial charge in [-0.3, -0.25) is 4.79 Å². The molecule has 0 unspecified atom stereocenters. The molecule has 0 radical (unpaired) electrons. The molecule has 0 aliphatic heterocycles. The van der Waals surface area contributed by atoms with Gasteiger partial charge in [0.1, 0.15) is 5.75 Å². The third-order valence-electron chi connectivity index (χ3n) is 1.96. The van der Waals surface area contributed by atoms with Gasteiger partial charge in [0.25, 0.3) is 0 Å². The molecule has 0 saturated heterocycles. The van der Waals surface area contributed by atoms with E-state index in [1.54, 1.807) is 0 Å². The van der Waals surface area contributed by atoms with E-state index < -0.39 is 5.97 Å². The molecule has 3 N–H and O–H groups in total. The Hall–Kier alpha value is -1.55. The van der Waals surface area contributed by atoms with E-state index in [0.29, 0.717) is 19.6 Å². The first-order chi connectivity index (χ1) is 7.22. The molecular weight excluding hydrogens is 194 g/mol. The third-order valence-corrected chi connectivity index (χ3v) is 1.96. The minimum atomic E-state index is -0.794. The van der Waals surface area contributed by atoms with Crippen molar-refractivity contribution >= 4 is 5.97 Å². The molecule has 4 nitrogen and oxygen atoms in total. The molecule has 0 aromatic heterocycles. The van der Waals surface area contributed by atoms with Gasteiger partial charge in [-0.2, -0.15) is 0 Å². The first-order valence-corrected chi connectivity index (χ1v) is 4.86. The highest BCUT2D eigenvalue weighted by Crippen LogP contribution is 2.12. The highest BCUT2D eigenvalue weighted by Gasteiger charge is 1.97. The zero-order valence-corrected chi connectivity index (χ0v) is 8.48. The van der Waals surface area contributed by atoms with Crippen molar-refractivity contribution in [1.82, 2.24) is 0 Å². The topological polar surface area (TPSA) is 72.5 Å². The molecule has 15 heavy (non-hydrogen) atoms. The van der Waals surface area contributed by atoms with Gasteiger partial charge in [-0.25, -0.2) is 0 Å². The van der Waals surface area contributed by atoms with E-state index in [0.717, 1.165) is 11.3 Å². The molecule has 82 valence electrons. The van der Waals surface area contributed by atoms with Crippen LogP contribution in [-0.4, -0.2) is 17.7 Å². The largest absolute Gasteiger partial charge is 0.494 e. The lowest BCUT2D eigenvalue weighted by molar-refractivity contribution is -0.137. The maximum absolute atomic E-state index is 10.2. The molecule has 0 heterocycles. The van der Waals surface area contributed by atoms with Gasteiger partial charge in [0.05, 0.1) is 6.61 Å². The second kappa shape index (κ2) is 6.03. The smallest absolute Gasteiger partial charge is 0.303 e. The number of ether oxygens (including phenoxy) is 1. The zero-order valence-electron chi connectivity index (χ0n) is 8.48. The molecule has 1 aromatic rings. The van der Waals surface area contributed by atoms with Crippen molar-refractivity contribution in [3.05, 3.63) is 29.8 Å². The lowest BCUT2D eigenvalue weighted by Crippen LogP contribution is -2.02. The van der Waals surface area contributed by atoms with Crippen LogP contribution in [0.4, 0.5) is 0 Å². The summed E-state index contributed by atoms with van der Waals surface area (Å²) in [6.07, 6.45) is 0.662. The molecule has 0 fully saturated rings. The van der Waals surface area contributed by atoms with Crippen LogP contribution >= 0.6 is 0 Å². The molecule has 0 aliphatic carbocycles. The number of carboxylic acid groups (broad SMARTS) is 1. The number of carbonyl (C=O) groups is 1. The highest BCUT2D eigenvalue weighted by molar-refractivity contribution is 5.66. The number of rotatable bonds is 6. The van der Waals surface area contributed by atoms with Crippen molar-refractivity contribution in [3.8, 4) is 5.75 Å². The maximum Gasteiger partial charge on any atom is 0.303 e. The standard InChI is InChI=1S/C11H15NO3/c12-8-9-3-5-10(6-4-9)15-7-1-2-11(13)14/h3-6H,1-2,7-8,12H2,(H,13,14). The minimum absolute atomic E-state index is 0.140. The van der Waals surface area contributed by atoms with Gasteiger partial charge < -0.3 is 15.6 Å². The van der Waals surface area contributed by atoms with Gasteiger partial charge in [0.15, 0.2) is 0 Å². The van der Waals surface area contributed by atoms with Crippen LogP contribution in [0.15, 0.2) is 24.3 Å². The Morgan fingerprint density at radius 2 is 2.00 bits per heavy atom. The molecule has 0 aliphatic rings. The molecule has 0 saturated carbocycles. The van der Waals surface area contributed by atoms with E-state index in [-0.39, 0.29) is 6.42 Å². The van der Waals surface area contributed by atoms with Gasteiger partial charge in [-0.15, -0.1) is 0 Å². The van der Waals surface area contributed by atoms with Crippen molar-refractivity contribution in [3.63, 3.8) is 0 Å². The Labute approximate surface area is 88.7 Å². The van der Waals surface area contributed by atoms with E-state index in [9.17, 15) is 4.79 Å². The number of nitrogens with two attached hydrogens (primary N) is 1. The van der Waals surface area contributed by atoms with Crippen molar-refractivity contribution < 1.29 is 14.6 Å². The van der Waals surface area contributed by atoms with Crippen LogP contribution < -0.4 is 10.5 Å². The van der Waals surface area contributed by atoms with Gasteiger partial charge >= 0.3 is 5.97 Å². The molecule has 0 atom stereocenters. The Morgan fingerprint density at radius 3 is 2.53 bits per heavy atom. The average molecular weight is 209 g/mol. The van der Waals surface area contributed by atoms with Crippen molar-refractivity contribution in [2.45, 2.75) is 19.4 Å². The maximum atomic E-state index is 10.2. The summed E-state index contributed by atoms with van der Waals surface area (Å²) in [6, 6.07) is 7.46. The summed E-state index contributed by atoms with van der Waals surface area (Å²) >= 11 is 0. The van der Waals surface area contributed by atoms with Crippen molar-refractivity contribution in [2.24, 2.45) is 5.73 Å². The lowest BCUT2D eigenvalue weighted by Gasteiger charge is -2.05. The van der Waals surface area contributed by atoms with Gasteiger partial charge in [0, 0.05) is 13.0 Å². The van der Waals surface area contributed by atoms with Crippen LogP contribution in [0, 0.1) is 0 Å². The predicted molar refractivity (Wildman–Crippen MR) is 56.7 cm³/mol. The predicted octanol–water partition coefficient (Wildman–Crippen LogP) is 1.39. The van der Waals surface area contributed by atoms with Crippen molar-refractivity contribution in [1.29, 1.82) is 0 Å². The summed E-state index contributed by atoms with van der Waals surface area (Å²) in [5.41, 5.74) is 6.50. The first-order valence-electron chi connectivity index (χ1n) is 4.86. The fourth-order valence-electron chi connectivity index (χ4n) is 1.14. The third kappa shape index (κ3) is 4.46. The quantitative estimate of drug-likeness (QED) is 0.694. The molecule has 0 amide bonds. The SMILES string of the molecule is NCc1ccc(OCCCC(=O)O)cc1. The molecule has 4 heteroatoms. The van der Waals surface area contributed by atoms with E-state index in [1.807, 2.05) is 24.3 Å². The number of hydrogen-bond acceptors (Lipinski definition) is 3. The monoisotopic (exact) mass is 209 g/mol. The molecule has 0 bridgehead atoms. The summed E-state index contributed by atoms with van der Waals surface area (Å²) < 4.78 is 5.35. The molecule has 1 rings (SSSR count). The fraction of sp³-hybridized carbons (Fsp3) is 0.364.